The summed E-state index contributed by atoms with van der Waals surface area (Å²) in [5.41, 5.74) is 2.03. The van der Waals surface area contributed by atoms with Crippen LogP contribution in [0.15, 0.2) is 91.0 Å². The van der Waals surface area contributed by atoms with Crippen LogP contribution in [0.4, 0.5) is 0 Å². The molecule has 1 aliphatic rings. The minimum absolute atomic E-state index is 0.0372. The Kier molecular flexibility index (Phi) is 7.21. The number of ketones is 1. The van der Waals surface area contributed by atoms with E-state index in [0.29, 0.717) is 19.3 Å². The predicted molar refractivity (Wildman–Crippen MR) is 130 cm³/mol. The lowest BCUT2D eigenvalue weighted by molar-refractivity contribution is -0.144. The third-order valence-electron chi connectivity index (χ3n) is 6.80. The SMILES string of the molecule is O=C1CCC[C@@H]([C@@H](NC(=O)CC(c2ccccc2)(c2ccccc2)c2ccccc2)C(=O)O)C1. The number of amides is 1. The van der Waals surface area contributed by atoms with Gasteiger partial charge in [0, 0.05) is 19.3 Å². The molecule has 0 aromatic heterocycles. The standard InChI is InChI=1S/C29H29NO4/c31-25-18-10-11-21(19-25)27(28(33)34)30-26(32)20-29(22-12-4-1-5-13-22,23-14-6-2-7-15-23)24-16-8-3-9-17-24/h1-9,12-17,21,27H,10-11,18-20H2,(H,30,32)(H,33,34)/t21-,27-/m1/s1. The molecule has 34 heavy (non-hydrogen) atoms. The van der Waals surface area contributed by atoms with Crippen LogP contribution in [0.25, 0.3) is 0 Å². The maximum atomic E-state index is 13.6. The molecular weight excluding hydrogens is 426 g/mol. The van der Waals surface area contributed by atoms with Crippen molar-refractivity contribution in [2.24, 2.45) is 5.92 Å². The number of hydrogen-bond donors (Lipinski definition) is 2. The summed E-state index contributed by atoms with van der Waals surface area (Å²) in [6, 6.07) is 28.4. The second-order valence-corrected chi connectivity index (χ2v) is 8.96. The first kappa shape index (κ1) is 23.4. The first-order valence-corrected chi connectivity index (χ1v) is 11.7. The number of rotatable bonds is 8. The molecule has 5 nitrogen and oxygen atoms in total. The molecule has 2 atom stereocenters. The van der Waals surface area contributed by atoms with Gasteiger partial charge < -0.3 is 10.4 Å². The van der Waals surface area contributed by atoms with Crippen LogP contribution < -0.4 is 5.32 Å². The number of hydrogen-bond acceptors (Lipinski definition) is 3. The molecule has 3 aromatic rings. The quantitative estimate of drug-likeness (QED) is 0.481. The van der Waals surface area contributed by atoms with Gasteiger partial charge in [-0.15, -0.1) is 0 Å². The van der Waals surface area contributed by atoms with Crippen LogP contribution in [-0.4, -0.2) is 28.8 Å². The Hall–Kier alpha value is -3.73. The topological polar surface area (TPSA) is 83.5 Å². The molecule has 0 radical (unpaired) electrons. The molecule has 0 bridgehead atoms. The zero-order chi connectivity index (χ0) is 24.0. The van der Waals surface area contributed by atoms with E-state index < -0.39 is 17.4 Å². The van der Waals surface area contributed by atoms with Crippen molar-refractivity contribution in [3.05, 3.63) is 108 Å². The Labute approximate surface area is 199 Å². The van der Waals surface area contributed by atoms with Crippen LogP contribution >= 0.6 is 0 Å². The van der Waals surface area contributed by atoms with Crippen molar-refractivity contribution < 1.29 is 19.5 Å². The smallest absolute Gasteiger partial charge is 0.326 e. The van der Waals surface area contributed by atoms with Gasteiger partial charge in [0.15, 0.2) is 0 Å². The molecule has 1 aliphatic carbocycles. The molecule has 0 heterocycles. The van der Waals surface area contributed by atoms with Crippen molar-refractivity contribution in [1.82, 2.24) is 5.32 Å². The summed E-state index contributed by atoms with van der Waals surface area (Å²) in [4.78, 5) is 37.6. The minimum Gasteiger partial charge on any atom is -0.480 e. The van der Waals surface area contributed by atoms with Crippen molar-refractivity contribution in [2.75, 3.05) is 0 Å². The molecule has 5 heteroatoms. The van der Waals surface area contributed by atoms with E-state index >= 15 is 0 Å². The largest absolute Gasteiger partial charge is 0.480 e. The van der Waals surface area contributed by atoms with Gasteiger partial charge in [-0.3, -0.25) is 9.59 Å². The van der Waals surface area contributed by atoms with Gasteiger partial charge in [0.05, 0.1) is 5.41 Å². The van der Waals surface area contributed by atoms with Crippen LogP contribution in [-0.2, 0) is 19.8 Å². The van der Waals surface area contributed by atoms with E-state index in [2.05, 4.69) is 5.32 Å². The molecular formula is C29H29NO4. The van der Waals surface area contributed by atoms with E-state index in [1.165, 1.54) is 0 Å². The van der Waals surface area contributed by atoms with E-state index in [-0.39, 0.29) is 30.4 Å². The molecule has 0 saturated heterocycles. The molecule has 1 amide bonds. The van der Waals surface area contributed by atoms with Crippen LogP contribution in [0.1, 0.15) is 48.8 Å². The Morgan fingerprint density at radius 2 is 1.32 bits per heavy atom. The van der Waals surface area contributed by atoms with E-state index in [0.717, 1.165) is 16.7 Å². The van der Waals surface area contributed by atoms with Crippen LogP contribution in [0, 0.1) is 5.92 Å². The molecule has 0 spiro atoms. The lowest BCUT2D eigenvalue weighted by atomic mass is 9.67. The fourth-order valence-corrected chi connectivity index (χ4v) is 5.16. The number of carboxylic acids is 1. The molecule has 0 aliphatic heterocycles. The molecule has 0 unspecified atom stereocenters. The number of Topliss-reactive ketones (excluding diaryl/α,β-unsaturated/α-hetero) is 1. The van der Waals surface area contributed by atoms with Crippen LogP contribution in [0.5, 0.6) is 0 Å². The number of nitrogens with one attached hydrogen (secondary N) is 1. The summed E-state index contributed by atoms with van der Waals surface area (Å²) in [5.74, 6) is -1.79. The average molecular weight is 456 g/mol. The average Bonchev–Trinajstić information content (AvgIpc) is 2.87. The predicted octanol–water partition coefficient (Wildman–Crippen LogP) is 4.74. The van der Waals surface area contributed by atoms with Crippen LogP contribution in [0.3, 0.4) is 0 Å². The van der Waals surface area contributed by atoms with Crippen molar-refractivity contribution >= 4 is 17.7 Å². The fourth-order valence-electron chi connectivity index (χ4n) is 5.16. The van der Waals surface area contributed by atoms with Crippen molar-refractivity contribution in [3.8, 4) is 0 Å². The molecule has 3 aromatic carbocycles. The monoisotopic (exact) mass is 455 g/mol. The van der Waals surface area contributed by atoms with E-state index in [1.54, 1.807) is 0 Å². The first-order chi connectivity index (χ1) is 16.5. The molecule has 1 fully saturated rings. The number of carbonyl (C=O) groups excluding carboxylic acids is 2. The van der Waals surface area contributed by atoms with Gasteiger partial charge >= 0.3 is 5.97 Å². The normalized spacial score (nSPS) is 17.1. The van der Waals surface area contributed by atoms with Crippen molar-refractivity contribution in [3.63, 3.8) is 0 Å². The molecule has 1 saturated carbocycles. The van der Waals surface area contributed by atoms with Gasteiger partial charge in [-0.05, 0) is 35.4 Å². The van der Waals surface area contributed by atoms with Crippen molar-refractivity contribution in [2.45, 2.75) is 43.6 Å². The lowest BCUT2D eigenvalue weighted by Crippen LogP contribution is -2.49. The summed E-state index contributed by atoms with van der Waals surface area (Å²) < 4.78 is 0. The third kappa shape index (κ3) is 4.93. The maximum Gasteiger partial charge on any atom is 0.326 e. The molecule has 2 N–H and O–H groups in total. The van der Waals surface area contributed by atoms with Gasteiger partial charge in [0.25, 0.3) is 0 Å². The van der Waals surface area contributed by atoms with Gasteiger partial charge in [0.2, 0.25) is 5.91 Å². The zero-order valence-electron chi connectivity index (χ0n) is 19.0. The number of carboxylic acid groups (broad SMARTS) is 1. The summed E-state index contributed by atoms with van der Waals surface area (Å²) >= 11 is 0. The Bertz CT molecular complexity index is 1030. The summed E-state index contributed by atoms with van der Waals surface area (Å²) in [5, 5.41) is 12.7. The van der Waals surface area contributed by atoms with Gasteiger partial charge in [-0.25, -0.2) is 4.79 Å². The Morgan fingerprint density at radius 1 is 0.853 bits per heavy atom. The molecule has 4 rings (SSSR count). The number of benzene rings is 3. The third-order valence-corrected chi connectivity index (χ3v) is 6.80. The second-order valence-electron chi connectivity index (χ2n) is 8.96. The Morgan fingerprint density at radius 3 is 1.74 bits per heavy atom. The highest BCUT2D eigenvalue weighted by molar-refractivity contribution is 5.87. The summed E-state index contributed by atoms with van der Waals surface area (Å²) in [6.45, 7) is 0. The fraction of sp³-hybridized carbons (Fsp3) is 0.276. The highest BCUT2D eigenvalue weighted by Crippen LogP contribution is 2.42. The molecule has 174 valence electrons. The van der Waals surface area contributed by atoms with Gasteiger partial charge in [0.1, 0.15) is 11.8 Å². The van der Waals surface area contributed by atoms with E-state index in [9.17, 15) is 19.5 Å². The van der Waals surface area contributed by atoms with Gasteiger partial charge in [-0.2, -0.15) is 0 Å². The Balaban J connectivity index is 1.74. The minimum atomic E-state index is -1.10. The first-order valence-electron chi connectivity index (χ1n) is 11.7. The summed E-state index contributed by atoms with van der Waals surface area (Å²) in [7, 11) is 0. The number of aliphatic carboxylic acids is 1. The van der Waals surface area contributed by atoms with Crippen molar-refractivity contribution in [1.29, 1.82) is 0 Å². The maximum absolute atomic E-state index is 13.6. The highest BCUT2D eigenvalue weighted by Gasteiger charge is 2.40. The second kappa shape index (κ2) is 10.5. The number of carbonyl (C=O) groups is 3. The highest BCUT2D eigenvalue weighted by atomic mass is 16.4. The van der Waals surface area contributed by atoms with Gasteiger partial charge in [-0.1, -0.05) is 91.0 Å². The van der Waals surface area contributed by atoms with Crippen LogP contribution in [0.2, 0.25) is 0 Å². The lowest BCUT2D eigenvalue weighted by Gasteiger charge is -2.36. The zero-order valence-corrected chi connectivity index (χ0v) is 19.0. The van der Waals surface area contributed by atoms with E-state index in [1.807, 2.05) is 91.0 Å². The summed E-state index contributed by atoms with van der Waals surface area (Å²) in [6.07, 6.45) is 1.99. The van der Waals surface area contributed by atoms with E-state index in [4.69, 9.17) is 0 Å².